The van der Waals surface area contributed by atoms with Gasteiger partial charge in [0.1, 0.15) is 19.3 Å². The molecule has 0 aromatic heterocycles. The van der Waals surface area contributed by atoms with Crippen molar-refractivity contribution in [1.82, 2.24) is 0 Å². The summed E-state index contributed by atoms with van der Waals surface area (Å²) in [6, 6.07) is 0. The third-order valence-corrected chi connectivity index (χ3v) is 2.91. The second-order valence-electron chi connectivity index (χ2n) is 5.08. The van der Waals surface area contributed by atoms with Crippen LogP contribution in [0.1, 0.15) is 6.92 Å². The van der Waals surface area contributed by atoms with Gasteiger partial charge >= 0.3 is 8.25 Å². The van der Waals surface area contributed by atoms with Gasteiger partial charge in [-0.3, -0.25) is 9.36 Å². The number of nitrogens with zero attached hydrogens (tertiary/aromatic N) is 1. The Hall–Kier alpha value is -0.520. The lowest BCUT2D eigenvalue weighted by Crippen LogP contribution is -2.37. The molecule has 2 atom stereocenters. The lowest BCUT2D eigenvalue weighted by atomic mass is 10.1. The molecule has 0 aliphatic carbocycles. The monoisotopic (exact) mass is 280 g/mol. The first kappa shape index (κ1) is 17.5. The first-order valence-electron chi connectivity index (χ1n) is 5.61. The fraction of sp³-hybridized carbons (Fsp3) is 0.727. The van der Waals surface area contributed by atoms with Crippen LogP contribution in [-0.4, -0.2) is 62.4 Å². The van der Waals surface area contributed by atoms with Crippen LogP contribution in [0, 0.1) is 0 Å². The van der Waals surface area contributed by atoms with E-state index in [0.29, 0.717) is 17.6 Å². The average molecular weight is 280 g/mol. The topological polar surface area (TPSA) is 72.8 Å². The summed E-state index contributed by atoms with van der Waals surface area (Å²) >= 11 is 0. The summed E-state index contributed by atoms with van der Waals surface area (Å²) in [5.41, 5.74) is 0.233. The number of quaternary nitrogens is 1. The van der Waals surface area contributed by atoms with Gasteiger partial charge in [-0.15, -0.1) is 0 Å². The molecule has 0 saturated carbocycles. The van der Waals surface area contributed by atoms with E-state index in [-0.39, 0.29) is 12.2 Å². The number of Topliss-reactive ketones (excluding diaryl/α,β-unsaturated/α-hetero) is 1. The highest BCUT2D eigenvalue weighted by Crippen LogP contribution is 2.23. The van der Waals surface area contributed by atoms with Crippen LogP contribution in [0.2, 0.25) is 0 Å². The number of hydrogen-bond acceptors (Lipinski definition) is 5. The summed E-state index contributed by atoms with van der Waals surface area (Å²) in [6.45, 7) is 5.55. The molecule has 6 nitrogen and oxygen atoms in total. The Morgan fingerprint density at radius 2 is 1.94 bits per heavy atom. The molecule has 0 bridgehead atoms. The van der Waals surface area contributed by atoms with Crippen molar-refractivity contribution < 1.29 is 28.0 Å². The second kappa shape index (κ2) is 7.81. The summed E-state index contributed by atoms with van der Waals surface area (Å²) in [5, 5.41) is 9.38. The number of hydrogen-bond donors (Lipinski definition) is 1. The van der Waals surface area contributed by atoms with Gasteiger partial charge in [-0.1, -0.05) is 6.58 Å². The summed E-state index contributed by atoms with van der Waals surface area (Å²) < 4.78 is 21.8. The molecule has 0 aromatic rings. The van der Waals surface area contributed by atoms with Gasteiger partial charge in [-0.05, 0) is 12.5 Å². The van der Waals surface area contributed by atoms with Gasteiger partial charge in [-0.2, -0.15) is 0 Å². The molecular formula is C11H23NO5P+. The number of carbonyl (C=O) groups excluding carboxylic acids is 1. The van der Waals surface area contributed by atoms with Crippen LogP contribution >= 0.6 is 8.25 Å². The van der Waals surface area contributed by atoms with E-state index < -0.39 is 20.1 Å². The minimum absolute atomic E-state index is 0.233. The maximum Gasteiger partial charge on any atom is 0.319 e. The smallest absolute Gasteiger partial charge is 0.319 e. The Balaban J connectivity index is 3.84. The first-order chi connectivity index (χ1) is 8.13. The number of ketones is 1. The van der Waals surface area contributed by atoms with Gasteiger partial charge in [0.05, 0.1) is 27.7 Å². The van der Waals surface area contributed by atoms with E-state index >= 15 is 0 Å². The lowest BCUT2D eigenvalue weighted by Gasteiger charge is -2.23. The van der Waals surface area contributed by atoms with Crippen molar-refractivity contribution in [2.45, 2.75) is 13.0 Å². The summed E-state index contributed by atoms with van der Waals surface area (Å²) in [6.07, 6.45) is -1.33. The molecule has 0 aliphatic rings. The van der Waals surface area contributed by atoms with E-state index in [2.05, 4.69) is 6.58 Å². The molecule has 0 spiro atoms. The lowest BCUT2D eigenvalue weighted by molar-refractivity contribution is -0.870. The molecule has 0 aromatic carbocycles. The quantitative estimate of drug-likeness (QED) is 0.381. The fourth-order valence-electron chi connectivity index (χ4n) is 0.952. The Labute approximate surface area is 109 Å². The van der Waals surface area contributed by atoms with Crippen LogP contribution in [0.25, 0.3) is 0 Å². The molecule has 0 rings (SSSR count). The van der Waals surface area contributed by atoms with E-state index in [0.717, 1.165) is 0 Å². The SMILES string of the molecule is C=C(C)C(=O)C(O)CO[PH](=O)OCC[N+](C)(C)C. The minimum atomic E-state index is -2.67. The van der Waals surface area contributed by atoms with Crippen LogP contribution in [-0.2, 0) is 18.4 Å². The van der Waals surface area contributed by atoms with E-state index in [4.69, 9.17) is 9.05 Å². The van der Waals surface area contributed by atoms with Crippen molar-refractivity contribution in [3.8, 4) is 0 Å². The third-order valence-electron chi connectivity index (χ3n) is 2.06. The molecule has 0 aliphatic heterocycles. The van der Waals surface area contributed by atoms with Gasteiger partial charge in [0.25, 0.3) is 0 Å². The molecule has 0 saturated heterocycles. The Bertz CT molecular complexity index is 324. The Morgan fingerprint density at radius 1 is 1.39 bits per heavy atom. The summed E-state index contributed by atoms with van der Waals surface area (Å²) in [5.74, 6) is -0.517. The van der Waals surface area contributed by atoms with Gasteiger partial charge in [0.15, 0.2) is 5.78 Å². The molecule has 2 unspecified atom stereocenters. The van der Waals surface area contributed by atoms with Crippen molar-refractivity contribution in [2.24, 2.45) is 0 Å². The number of aliphatic hydroxyl groups excluding tert-OH is 1. The number of rotatable bonds is 9. The largest absolute Gasteiger partial charge is 0.382 e. The highest BCUT2D eigenvalue weighted by atomic mass is 31.1. The molecular weight excluding hydrogens is 257 g/mol. The zero-order chi connectivity index (χ0) is 14.3. The van der Waals surface area contributed by atoms with E-state index in [1.54, 1.807) is 0 Å². The zero-order valence-electron chi connectivity index (χ0n) is 11.4. The Morgan fingerprint density at radius 3 is 2.39 bits per heavy atom. The van der Waals surface area contributed by atoms with Crippen molar-refractivity contribution >= 4 is 14.0 Å². The average Bonchev–Trinajstić information content (AvgIpc) is 2.22. The summed E-state index contributed by atoms with van der Waals surface area (Å²) in [7, 11) is 3.28. The zero-order valence-corrected chi connectivity index (χ0v) is 12.4. The van der Waals surface area contributed by atoms with Crippen LogP contribution in [0.15, 0.2) is 12.2 Å². The summed E-state index contributed by atoms with van der Waals surface area (Å²) in [4.78, 5) is 11.2. The molecule has 0 fully saturated rings. The Kier molecular flexibility index (Phi) is 7.59. The van der Waals surface area contributed by atoms with Crippen LogP contribution < -0.4 is 0 Å². The van der Waals surface area contributed by atoms with E-state index in [1.165, 1.54) is 6.92 Å². The molecule has 1 N–H and O–H groups in total. The maximum absolute atomic E-state index is 11.3. The number of aliphatic hydroxyl groups is 1. The highest BCUT2D eigenvalue weighted by molar-refractivity contribution is 7.33. The maximum atomic E-state index is 11.3. The van der Waals surface area contributed by atoms with Crippen LogP contribution in [0.3, 0.4) is 0 Å². The third kappa shape index (κ3) is 8.55. The standard InChI is InChI=1S/C11H23NO5P/c1-9(2)11(14)10(13)8-17-18(15)16-7-6-12(3,4)5/h10,13,18H,1,6-8H2,2-5H3/q+1. The predicted molar refractivity (Wildman–Crippen MR) is 69.6 cm³/mol. The van der Waals surface area contributed by atoms with Crippen molar-refractivity contribution in [1.29, 1.82) is 0 Å². The molecule has 18 heavy (non-hydrogen) atoms. The number of likely N-dealkylation sites (N-methyl/N-ethyl adjacent to an activating group) is 1. The molecule has 0 radical (unpaired) electrons. The first-order valence-corrected chi connectivity index (χ1v) is 6.84. The predicted octanol–water partition coefficient (Wildman–Crippen LogP) is 0.622. The number of carbonyl (C=O) groups is 1. The van der Waals surface area contributed by atoms with E-state index in [1.807, 2.05) is 21.1 Å². The fourth-order valence-corrected chi connectivity index (χ4v) is 1.59. The van der Waals surface area contributed by atoms with Crippen LogP contribution in [0.5, 0.6) is 0 Å². The van der Waals surface area contributed by atoms with Crippen molar-refractivity contribution in [3.05, 3.63) is 12.2 Å². The van der Waals surface area contributed by atoms with E-state index in [9.17, 15) is 14.5 Å². The highest BCUT2D eigenvalue weighted by Gasteiger charge is 2.17. The molecule has 106 valence electrons. The van der Waals surface area contributed by atoms with Gasteiger partial charge in [0.2, 0.25) is 0 Å². The van der Waals surface area contributed by atoms with Crippen molar-refractivity contribution in [2.75, 3.05) is 40.9 Å². The minimum Gasteiger partial charge on any atom is -0.382 e. The second-order valence-corrected chi connectivity index (χ2v) is 6.16. The van der Waals surface area contributed by atoms with Crippen LogP contribution in [0.4, 0.5) is 0 Å². The normalized spacial score (nSPS) is 15.2. The van der Waals surface area contributed by atoms with Gasteiger partial charge < -0.3 is 18.6 Å². The van der Waals surface area contributed by atoms with Crippen molar-refractivity contribution in [3.63, 3.8) is 0 Å². The van der Waals surface area contributed by atoms with Gasteiger partial charge in [-0.25, -0.2) is 0 Å². The molecule has 0 heterocycles. The molecule has 7 heteroatoms. The molecule has 0 amide bonds. The van der Waals surface area contributed by atoms with Gasteiger partial charge in [0, 0.05) is 0 Å².